The van der Waals surface area contributed by atoms with Gasteiger partial charge in [0.05, 0.1) is 0 Å². The lowest BCUT2D eigenvalue weighted by atomic mass is 9.66. The van der Waals surface area contributed by atoms with Crippen LogP contribution in [0.2, 0.25) is 0 Å². The highest BCUT2D eigenvalue weighted by molar-refractivity contribution is 4.82. The van der Waals surface area contributed by atoms with Crippen molar-refractivity contribution < 1.29 is 0 Å². The summed E-state index contributed by atoms with van der Waals surface area (Å²) in [5.74, 6) is 1.87. The van der Waals surface area contributed by atoms with E-state index in [1.165, 1.54) is 32.1 Å². The van der Waals surface area contributed by atoms with Gasteiger partial charge in [-0.15, -0.1) is 0 Å². The van der Waals surface area contributed by atoms with Crippen molar-refractivity contribution in [1.29, 1.82) is 0 Å². The lowest BCUT2D eigenvalue weighted by molar-refractivity contribution is 0.116. The zero-order valence-electron chi connectivity index (χ0n) is 9.19. The molecule has 0 bridgehead atoms. The van der Waals surface area contributed by atoms with Gasteiger partial charge in [0, 0.05) is 0 Å². The Morgan fingerprint density at radius 1 is 1.25 bits per heavy atom. The van der Waals surface area contributed by atoms with Crippen LogP contribution in [-0.2, 0) is 0 Å². The van der Waals surface area contributed by atoms with Gasteiger partial charge in [-0.1, -0.05) is 40.5 Å². The van der Waals surface area contributed by atoms with Gasteiger partial charge >= 0.3 is 0 Å². The van der Waals surface area contributed by atoms with E-state index in [9.17, 15) is 0 Å². The fourth-order valence-electron chi connectivity index (χ4n) is 2.57. The molecule has 0 saturated heterocycles. The highest BCUT2D eigenvalue weighted by atomic mass is 14.4. The molecule has 0 aromatic heterocycles. The van der Waals surface area contributed by atoms with E-state index in [4.69, 9.17) is 0 Å². The molecule has 1 aliphatic rings. The van der Waals surface area contributed by atoms with E-state index in [0.717, 1.165) is 11.8 Å². The average molecular weight is 168 g/mol. The summed E-state index contributed by atoms with van der Waals surface area (Å²) in [5.41, 5.74) is 0.628. The second kappa shape index (κ2) is 3.81. The smallest absolute Gasteiger partial charge is 0.0326 e. The summed E-state index contributed by atoms with van der Waals surface area (Å²) in [5, 5.41) is 0. The molecule has 0 aromatic carbocycles. The molecule has 1 saturated carbocycles. The van der Waals surface area contributed by atoms with Crippen molar-refractivity contribution in [3.05, 3.63) is 0 Å². The molecule has 1 atom stereocenters. The molecule has 0 nitrogen and oxygen atoms in total. The van der Waals surface area contributed by atoms with Crippen molar-refractivity contribution in [3.63, 3.8) is 0 Å². The van der Waals surface area contributed by atoms with Crippen molar-refractivity contribution in [2.24, 2.45) is 17.3 Å². The minimum atomic E-state index is 0.628. The first-order valence-electron chi connectivity index (χ1n) is 5.52. The normalized spacial score (nSPS) is 29.2. The van der Waals surface area contributed by atoms with Crippen LogP contribution >= 0.6 is 0 Å². The summed E-state index contributed by atoms with van der Waals surface area (Å²) in [6.07, 6.45) is 7.30. The van der Waals surface area contributed by atoms with E-state index in [1.807, 2.05) is 0 Å². The Bertz CT molecular complexity index is 133. The molecular weight excluding hydrogens is 144 g/mol. The van der Waals surface area contributed by atoms with E-state index in [0.29, 0.717) is 5.41 Å². The van der Waals surface area contributed by atoms with Crippen LogP contribution in [0.3, 0.4) is 0 Å². The van der Waals surface area contributed by atoms with Gasteiger partial charge in [-0.3, -0.25) is 0 Å². The fourth-order valence-corrected chi connectivity index (χ4v) is 2.57. The first-order valence-corrected chi connectivity index (χ1v) is 5.52. The number of hydrogen-bond donors (Lipinski definition) is 0. The Morgan fingerprint density at radius 3 is 2.42 bits per heavy atom. The SMILES string of the molecule is CC(C)CC1CCCCC1(C)C. The molecule has 1 rings (SSSR count). The molecule has 0 N–H and O–H groups in total. The maximum Gasteiger partial charge on any atom is -0.0326 e. The second-order valence-corrected chi connectivity index (χ2v) is 5.56. The highest BCUT2D eigenvalue weighted by Crippen LogP contribution is 2.43. The molecule has 12 heavy (non-hydrogen) atoms. The molecule has 1 fully saturated rings. The van der Waals surface area contributed by atoms with Crippen molar-refractivity contribution in [3.8, 4) is 0 Å². The molecule has 0 aromatic rings. The quantitative estimate of drug-likeness (QED) is 0.578. The third-order valence-electron chi connectivity index (χ3n) is 3.48. The summed E-state index contributed by atoms with van der Waals surface area (Å²) in [4.78, 5) is 0. The van der Waals surface area contributed by atoms with Crippen LogP contribution in [0.25, 0.3) is 0 Å². The fraction of sp³-hybridized carbons (Fsp3) is 1.00. The van der Waals surface area contributed by atoms with Gasteiger partial charge in [0.25, 0.3) is 0 Å². The van der Waals surface area contributed by atoms with E-state index in [-0.39, 0.29) is 0 Å². The van der Waals surface area contributed by atoms with Gasteiger partial charge in [0.15, 0.2) is 0 Å². The maximum absolute atomic E-state index is 2.46. The van der Waals surface area contributed by atoms with Crippen LogP contribution in [0.15, 0.2) is 0 Å². The van der Waals surface area contributed by atoms with Gasteiger partial charge in [0.2, 0.25) is 0 Å². The molecule has 0 aliphatic heterocycles. The van der Waals surface area contributed by atoms with Crippen LogP contribution in [0.5, 0.6) is 0 Å². The molecule has 0 spiro atoms. The molecule has 1 unspecified atom stereocenters. The van der Waals surface area contributed by atoms with E-state index >= 15 is 0 Å². The van der Waals surface area contributed by atoms with E-state index < -0.39 is 0 Å². The van der Waals surface area contributed by atoms with Gasteiger partial charge in [0.1, 0.15) is 0 Å². The molecule has 0 radical (unpaired) electrons. The first-order chi connectivity index (χ1) is 5.52. The standard InChI is InChI=1S/C12H24/c1-10(2)9-11-7-5-6-8-12(11,3)4/h10-11H,5-9H2,1-4H3. The summed E-state index contributed by atoms with van der Waals surface area (Å²) in [7, 11) is 0. The van der Waals surface area contributed by atoms with Crippen molar-refractivity contribution in [2.75, 3.05) is 0 Å². The van der Waals surface area contributed by atoms with Crippen LogP contribution in [0.1, 0.15) is 59.8 Å². The van der Waals surface area contributed by atoms with E-state index in [2.05, 4.69) is 27.7 Å². The average Bonchev–Trinajstić information content (AvgIpc) is 1.92. The second-order valence-electron chi connectivity index (χ2n) is 5.56. The molecule has 72 valence electrons. The van der Waals surface area contributed by atoms with Crippen LogP contribution < -0.4 is 0 Å². The van der Waals surface area contributed by atoms with Crippen molar-refractivity contribution in [2.45, 2.75) is 59.8 Å². The van der Waals surface area contributed by atoms with Crippen LogP contribution in [0.4, 0.5) is 0 Å². The highest BCUT2D eigenvalue weighted by Gasteiger charge is 2.31. The molecule has 0 amide bonds. The zero-order chi connectivity index (χ0) is 9.19. The lowest BCUT2D eigenvalue weighted by Gasteiger charge is -2.39. The summed E-state index contributed by atoms with van der Waals surface area (Å²) in [6, 6.07) is 0. The minimum absolute atomic E-state index is 0.628. The zero-order valence-corrected chi connectivity index (χ0v) is 9.19. The predicted octanol–water partition coefficient (Wildman–Crippen LogP) is 4.25. The summed E-state index contributed by atoms with van der Waals surface area (Å²) in [6.45, 7) is 9.62. The number of hydrogen-bond acceptors (Lipinski definition) is 0. The Hall–Kier alpha value is 0. The summed E-state index contributed by atoms with van der Waals surface area (Å²) < 4.78 is 0. The largest absolute Gasteiger partial charge is 0.0628 e. The molecule has 1 aliphatic carbocycles. The Balaban J connectivity index is 2.48. The molecule has 0 heterocycles. The Labute approximate surface area is 77.7 Å². The van der Waals surface area contributed by atoms with Crippen molar-refractivity contribution in [1.82, 2.24) is 0 Å². The predicted molar refractivity (Wildman–Crippen MR) is 55.2 cm³/mol. The topological polar surface area (TPSA) is 0 Å². The Morgan fingerprint density at radius 2 is 1.92 bits per heavy atom. The third-order valence-corrected chi connectivity index (χ3v) is 3.48. The minimum Gasteiger partial charge on any atom is -0.0628 e. The maximum atomic E-state index is 2.46. The van der Waals surface area contributed by atoms with Gasteiger partial charge in [-0.25, -0.2) is 0 Å². The summed E-state index contributed by atoms with van der Waals surface area (Å²) >= 11 is 0. The molecule has 0 heteroatoms. The Kier molecular flexibility index (Phi) is 3.20. The number of rotatable bonds is 2. The third kappa shape index (κ3) is 2.50. The van der Waals surface area contributed by atoms with Gasteiger partial charge < -0.3 is 0 Å². The van der Waals surface area contributed by atoms with Gasteiger partial charge in [-0.2, -0.15) is 0 Å². The first kappa shape index (κ1) is 10.1. The monoisotopic (exact) mass is 168 g/mol. The van der Waals surface area contributed by atoms with Crippen LogP contribution in [-0.4, -0.2) is 0 Å². The van der Waals surface area contributed by atoms with E-state index in [1.54, 1.807) is 0 Å². The van der Waals surface area contributed by atoms with Crippen LogP contribution in [0, 0.1) is 17.3 Å². The van der Waals surface area contributed by atoms with Crippen molar-refractivity contribution >= 4 is 0 Å². The van der Waals surface area contributed by atoms with Gasteiger partial charge in [-0.05, 0) is 36.5 Å². The lowest BCUT2D eigenvalue weighted by Crippen LogP contribution is -2.28. The molecular formula is C12H24.